The number of nitrogens with one attached hydrogen (secondary N) is 1. The highest BCUT2D eigenvalue weighted by Crippen LogP contribution is 2.35. The monoisotopic (exact) mass is 278 g/mol. The van der Waals surface area contributed by atoms with Gasteiger partial charge in [0.2, 0.25) is 0 Å². The zero-order valence-corrected chi connectivity index (χ0v) is 12.0. The van der Waals surface area contributed by atoms with Crippen molar-refractivity contribution in [2.75, 3.05) is 20.8 Å². The first-order valence-corrected chi connectivity index (χ1v) is 6.34. The fraction of sp³-hybridized carbons (Fsp3) is 0.429. The maximum Gasteiger partial charge on any atom is 0.325 e. The summed E-state index contributed by atoms with van der Waals surface area (Å²) in [5.41, 5.74) is -0.420. The van der Waals surface area contributed by atoms with Gasteiger partial charge in [0.15, 0.2) is 11.5 Å². The van der Waals surface area contributed by atoms with Gasteiger partial charge in [-0.3, -0.25) is 9.69 Å². The molecular formula is C14H18N2O4. The number of carbonyl (C=O) groups excluding carboxylic acids is 2. The number of ether oxygens (including phenoxy) is 2. The topological polar surface area (TPSA) is 67.9 Å². The third-order valence-electron chi connectivity index (χ3n) is 3.55. The Morgan fingerprint density at radius 3 is 2.35 bits per heavy atom. The van der Waals surface area contributed by atoms with Crippen LogP contribution in [-0.2, 0) is 10.3 Å². The maximum absolute atomic E-state index is 12.4. The van der Waals surface area contributed by atoms with Crippen molar-refractivity contribution >= 4 is 11.9 Å². The quantitative estimate of drug-likeness (QED) is 0.847. The van der Waals surface area contributed by atoms with Crippen LogP contribution in [0.1, 0.15) is 19.4 Å². The molecule has 3 amide bonds. The Labute approximate surface area is 117 Å². The van der Waals surface area contributed by atoms with Gasteiger partial charge >= 0.3 is 6.03 Å². The van der Waals surface area contributed by atoms with Crippen LogP contribution < -0.4 is 14.8 Å². The first-order valence-electron chi connectivity index (χ1n) is 6.34. The predicted molar refractivity (Wildman–Crippen MR) is 72.8 cm³/mol. The summed E-state index contributed by atoms with van der Waals surface area (Å²) in [6, 6.07) is 4.79. The number of methoxy groups -OCH3 is 2. The Kier molecular flexibility index (Phi) is 3.57. The molecule has 0 aliphatic carbocycles. The van der Waals surface area contributed by atoms with Gasteiger partial charge < -0.3 is 14.8 Å². The second-order valence-electron chi connectivity index (χ2n) is 4.67. The maximum atomic E-state index is 12.4. The number of imide groups is 1. The minimum absolute atomic E-state index is 0.266. The van der Waals surface area contributed by atoms with Crippen molar-refractivity contribution in [2.45, 2.75) is 19.4 Å². The minimum Gasteiger partial charge on any atom is -0.493 e. The van der Waals surface area contributed by atoms with E-state index in [1.54, 1.807) is 39.2 Å². The molecule has 6 nitrogen and oxygen atoms in total. The Balaban J connectivity index is 2.45. The molecule has 1 fully saturated rings. The lowest BCUT2D eigenvalue weighted by atomic mass is 9.91. The molecule has 1 atom stereocenters. The van der Waals surface area contributed by atoms with Crippen molar-refractivity contribution in [3.8, 4) is 11.5 Å². The largest absolute Gasteiger partial charge is 0.493 e. The number of carbonyl (C=O) groups is 2. The zero-order valence-electron chi connectivity index (χ0n) is 12.0. The normalized spacial score (nSPS) is 21.9. The Morgan fingerprint density at radius 1 is 1.20 bits per heavy atom. The van der Waals surface area contributed by atoms with Crippen LogP contribution in [-0.4, -0.2) is 37.6 Å². The molecule has 1 heterocycles. The lowest BCUT2D eigenvalue weighted by Gasteiger charge is -2.23. The van der Waals surface area contributed by atoms with Crippen LogP contribution in [0, 0.1) is 0 Å². The van der Waals surface area contributed by atoms with Gasteiger partial charge in [0.05, 0.1) is 14.2 Å². The highest BCUT2D eigenvalue weighted by atomic mass is 16.5. The molecule has 0 spiro atoms. The summed E-state index contributed by atoms with van der Waals surface area (Å²) in [6.45, 7) is 3.79. The molecule has 0 bridgehead atoms. The first-order chi connectivity index (χ1) is 9.47. The molecule has 20 heavy (non-hydrogen) atoms. The standard InChI is InChI=1S/C14H18N2O4/c1-5-16-12(17)14(2,15-13(16)18)9-6-7-10(19-3)11(8-9)20-4/h6-8H,5H2,1-4H3,(H,15,18)/t14-/m0/s1. The first kappa shape index (κ1) is 14.2. The third-order valence-corrected chi connectivity index (χ3v) is 3.55. The molecule has 1 aromatic rings. The van der Waals surface area contributed by atoms with Crippen molar-refractivity contribution in [3.05, 3.63) is 23.8 Å². The van der Waals surface area contributed by atoms with Crippen LogP contribution in [0.2, 0.25) is 0 Å². The minimum atomic E-state index is -1.08. The van der Waals surface area contributed by atoms with E-state index in [4.69, 9.17) is 9.47 Å². The van der Waals surface area contributed by atoms with Gasteiger partial charge in [-0.25, -0.2) is 4.79 Å². The number of likely N-dealkylation sites (N-methyl/N-ethyl adjacent to an activating group) is 1. The SMILES string of the molecule is CCN1C(=O)N[C@@](C)(c2ccc(OC)c(OC)c2)C1=O. The number of rotatable bonds is 4. The Hall–Kier alpha value is -2.24. The van der Waals surface area contributed by atoms with Crippen molar-refractivity contribution in [1.82, 2.24) is 10.2 Å². The molecule has 1 N–H and O–H groups in total. The molecule has 2 rings (SSSR count). The van der Waals surface area contributed by atoms with E-state index in [-0.39, 0.29) is 11.9 Å². The van der Waals surface area contributed by atoms with Gasteiger partial charge in [0.1, 0.15) is 5.54 Å². The summed E-state index contributed by atoms with van der Waals surface area (Å²) in [5, 5.41) is 2.73. The third kappa shape index (κ3) is 1.97. The van der Waals surface area contributed by atoms with E-state index in [0.29, 0.717) is 23.6 Å². The van der Waals surface area contributed by atoms with Crippen molar-refractivity contribution in [1.29, 1.82) is 0 Å². The molecule has 1 aromatic carbocycles. The van der Waals surface area contributed by atoms with E-state index in [0.717, 1.165) is 0 Å². The van der Waals surface area contributed by atoms with Crippen LogP contribution in [0.25, 0.3) is 0 Å². The average Bonchev–Trinajstić information content (AvgIpc) is 2.68. The molecule has 0 unspecified atom stereocenters. The number of hydrogen-bond donors (Lipinski definition) is 1. The average molecular weight is 278 g/mol. The zero-order chi connectivity index (χ0) is 14.9. The van der Waals surface area contributed by atoms with Crippen LogP contribution in [0.15, 0.2) is 18.2 Å². The number of hydrogen-bond acceptors (Lipinski definition) is 4. The van der Waals surface area contributed by atoms with Gasteiger partial charge in [-0.15, -0.1) is 0 Å². The second kappa shape index (κ2) is 5.03. The number of nitrogens with zero attached hydrogens (tertiary/aromatic N) is 1. The fourth-order valence-electron chi connectivity index (χ4n) is 2.33. The summed E-state index contributed by atoms with van der Waals surface area (Å²) in [6.07, 6.45) is 0. The van der Waals surface area contributed by atoms with Crippen LogP contribution in [0.5, 0.6) is 11.5 Å². The van der Waals surface area contributed by atoms with E-state index < -0.39 is 5.54 Å². The highest BCUT2D eigenvalue weighted by Gasteiger charge is 2.48. The van der Waals surface area contributed by atoms with E-state index in [1.807, 2.05) is 0 Å². The van der Waals surface area contributed by atoms with Crippen LogP contribution >= 0.6 is 0 Å². The van der Waals surface area contributed by atoms with Gasteiger partial charge in [-0.05, 0) is 31.5 Å². The van der Waals surface area contributed by atoms with E-state index in [1.165, 1.54) is 12.0 Å². The van der Waals surface area contributed by atoms with Gasteiger partial charge in [-0.1, -0.05) is 6.07 Å². The smallest absolute Gasteiger partial charge is 0.325 e. The van der Waals surface area contributed by atoms with Crippen molar-refractivity contribution in [2.24, 2.45) is 0 Å². The lowest BCUT2D eigenvalue weighted by molar-refractivity contribution is -0.130. The molecule has 1 aliphatic heterocycles. The van der Waals surface area contributed by atoms with Crippen molar-refractivity contribution < 1.29 is 19.1 Å². The van der Waals surface area contributed by atoms with Gasteiger partial charge in [0.25, 0.3) is 5.91 Å². The lowest BCUT2D eigenvalue weighted by Crippen LogP contribution is -2.40. The number of amides is 3. The molecule has 0 saturated carbocycles. The molecule has 108 valence electrons. The Morgan fingerprint density at radius 2 is 1.85 bits per heavy atom. The van der Waals surface area contributed by atoms with Crippen molar-refractivity contribution in [3.63, 3.8) is 0 Å². The van der Waals surface area contributed by atoms with Crippen LogP contribution in [0.4, 0.5) is 4.79 Å². The summed E-state index contributed by atoms with van der Waals surface area (Å²) < 4.78 is 10.4. The van der Waals surface area contributed by atoms with Gasteiger partial charge in [0, 0.05) is 6.54 Å². The molecule has 1 aliphatic rings. The molecular weight excluding hydrogens is 260 g/mol. The van der Waals surface area contributed by atoms with E-state index >= 15 is 0 Å². The molecule has 0 aromatic heterocycles. The summed E-state index contributed by atoms with van der Waals surface area (Å²) >= 11 is 0. The van der Waals surface area contributed by atoms with Gasteiger partial charge in [-0.2, -0.15) is 0 Å². The highest BCUT2D eigenvalue weighted by molar-refractivity contribution is 6.07. The summed E-state index contributed by atoms with van der Waals surface area (Å²) in [4.78, 5) is 25.4. The Bertz CT molecular complexity index is 558. The summed E-state index contributed by atoms with van der Waals surface area (Å²) in [7, 11) is 3.07. The number of urea groups is 1. The van der Waals surface area contributed by atoms with E-state index in [9.17, 15) is 9.59 Å². The van der Waals surface area contributed by atoms with E-state index in [2.05, 4.69) is 5.32 Å². The molecule has 1 saturated heterocycles. The summed E-state index contributed by atoms with van der Waals surface area (Å²) in [5.74, 6) is 0.824. The van der Waals surface area contributed by atoms with Crippen LogP contribution in [0.3, 0.4) is 0 Å². The fourth-order valence-corrected chi connectivity index (χ4v) is 2.33. The molecule has 6 heteroatoms. The predicted octanol–water partition coefficient (Wildman–Crippen LogP) is 1.49. The second-order valence-corrected chi connectivity index (χ2v) is 4.67. The number of benzene rings is 1. The molecule has 0 radical (unpaired) electrons.